The van der Waals surface area contributed by atoms with Crippen LogP contribution in [0, 0.1) is 13.8 Å². The summed E-state index contributed by atoms with van der Waals surface area (Å²) < 4.78 is 1.86. The third-order valence-corrected chi connectivity index (χ3v) is 4.71. The van der Waals surface area contributed by atoms with Gasteiger partial charge < -0.3 is 10.0 Å². The van der Waals surface area contributed by atoms with Gasteiger partial charge in [0.2, 0.25) is 5.91 Å². The summed E-state index contributed by atoms with van der Waals surface area (Å²) in [7, 11) is 0. The van der Waals surface area contributed by atoms with Gasteiger partial charge in [-0.3, -0.25) is 4.79 Å². The molecule has 1 aliphatic rings. The molecule has 0 radical (unpaired) electrons. The van der Waals surface area contributed by atoms with Gasteiger partial charge in [-0.2, -0.15) is 5.10 Å². The third-order valence-electron chi connectivity index (χ3n) is 4.71. The number of phenols is 1. The third kappa shape index (κ3) is 2.83. The second kappa shape index (κ2) is 6.29. The molecule has 1 fully saturated rings. The first-order valence-corrected chi connectivity index (χ1v) is 8.62. The number of aryl methyl sites for hydroxylation is 2. The van der Waals surface area contributed by atoms with Gasteiger partial charge in [-0.25, -0.2) is 9.67 Å². The van der Waals surface area contributed by atoms with Gasteiger partial charge in [0, 0.05) is 30.6 Å². The summed E-state index contributed by atoms with van der Waals surface area (Å²) >= 11 is 0. The Hall–Kier alpha value is -3.15. The largest absolute Gasteiger partial charge is 0.508 e. The Balaban J connectivity index is 1.70. The van der Waals surface area contributed by atoms with Crippen molar-refractivity contribution in [2.75, 3.05) is 11.4 Å². The highest BCUT2D eigenvalue weighted by Gasteiger charge is 2.35. The number of amides is 1. The first-order valence-electron chi connectivity index (χ1n) is 8.62. The molecule has 1 aliphatic heterocycles. The topological polar surface area (TPSA) is 71.2 Å². The van der Waals surface area contributed by atoms with E-state index < -0.39 is 0 Å². The maximum atomic E-state index is 12.6. The maximum Gasteiger partial charge on any atom is 0.227 e. The van der Waals surface area contributed by atoms with E-state index in [9.17, 15) is 9.90 Å². The minimum Gasteiger partial charge on any atom is -0.508 e. The number of aromatic hydroxyl groups is 1. The Morgan fingerprint density at radius 3 is 2.69 bits per heavy atom. The highest BCUT2D eigenvalue weighted by atomic mass is 16.3. The summed E-state index contributed by atoms with van der Waals surface area (Å²) in [5.41, 5.74) is 2.79. The molecule has 0 spiro atoms. The quantitative estimate of drug-likeness (QED) is 0.789. The average molecular weight is 348 g/mol. The Kier molecular flexibility index (Phi) is 3.95. The van der Waals surface area contributed by atoms with Gasteiger partial charge in [0.15, 0.2) is 0 Å². The Morgan fingerprint density at radius 1 is 1.12 bits per heavy atom. The van der Waals surface area contributed by atoms with Crippen LogP contribution in [0.5, 0.6) is 5.75 Å². The molecule has 2 aromatic carbocycles. The first-order chi connectivity index (χ1) is 12.5. The summed E-state index contributed by atoms with van der Waals surface area (Å²) in [6.45, 7) is 4.42. The SMILES string of the molecule is Cc1nc(C2CC(=O)N(c3cccc(O)c3)C2)n(-c2ccccc2C)n1. The summed E-state index contributed by atoms with van der Waals surface area (Å²) in [4.78, 5) is 18.9. The highest BCUT2D eigenvalue weighted by molar-refractivity contribution is 5.96. The molecule has 1 saturated heterocycles. The summed E-state index contributed by atoms with van der Waals surface area (Å²) in [5, 5.41) is 14.3. The van der Waals surface area contributed by atoms with Crippen molar-refractivity contribution >= 4 is 11.6 Å². The van der Waals surface area contributed by atoms with E-state index in [4.69, 9.17) is 0 Å². The van der Waals surface area contributed by atoms with Crippen molar-refractivity contribution in [1.82, 2.24) is 14.8 Å². The number of hydrogen-bond acceptors (Lipinski definition) is 4. The Labute approximate surface area is 151 Å². The van der Waals surface area contributed by atoms with E-state index in [1.807, 2.05) is 48.9 Å². The minimum atomic E-state index is -0.0503. The lowest BCUT2D eigenvalue weighted by atomic mass is 10.1. The van der Waals surface area contributed by atoms with Crippen LogP contribution in [0.1, 0.15) is 29.6 Å². The zero-order valence-corrected chi connectivity index (χ0v) is 14.8. The number of carbonyl (C=O) groups excluding carboxylic acids is 1. The average Bonchev–Trinajstić information content (AvgIpc) is 3.18. The molecular weight excluding hydrogens is 328 g/mol. The van der Waals surface area contributed by atoms with Crippen molar-refractivity contribution in [3.8, 4) is 11.4 Å². The van der Waals surface area contributed by atoms with Crippen LogP contribution in [0.25, 0.3) is 5.69 Å². The monoisotopic (exact) mass is 348 g/mol. The van der Waals surface area contributed by atoms with Crippen LogP contribution in [-0.4, -0.2) is 32.3 Å². The van der Waals surface area contributed by atoms with Crippen LogP contribution >= 0.6 is 0 Å². The molecule has 3 aromatic rings. The van der Waals surface area contributed by atoms with Crippen LogP contribution in [0.3, 0.4) is 0 Å². The smallest absolute Gasteiger partial charge is 0.227 e. The first kappa shape index (κ1) is 16.3. The second-order valence-corrected chi connectivity index (χ2v) is 6.64. The molecule has 0 aliphatic carbocycles. The molecule has 6 nitrogen and oxygen atoms in total. The molecule has 2 heterocycles. The van der Waals surface area contributed by atoms with Gasteiger partial charge in [-0.05, 0) is 37.6 Å². The van der Waals surface area contributed by atoms with E-state index in [0.29, 0.717) is 24.5 Å². The summed E-state index contributed by atoms with van der Waals surface area (Å²) in [6, 6.07) is 14.8. The lowest BCUT2D eigenvalue weighted by Gasteiger charge is -2.17. The maximum absolute atomic E-state index is 12.6. The molecule has 1 atom stereocenters. The van der Waals surface area contributed by atoms with E-state index in [-0.39, 0.29) is 17.6 Å². The molecule has 26 heavy (non-hydrogen) atoms. The van der Waals surface area contributed by atoms with E-state index in [1.54, 1.807) is 23.1 Å². The van der Waals surface area contributed by atoms with Crippen molar-refractivity contribution < 1.29 is 9.90 Å². The molecule has 4 rings (SSSR count). The number of carbonyl (C=O) groups is 1. The number of rotatable bonds is 3. The Morgan fingerprint density at radius 2 is 1.92 bits per heavy atom. The van der Waals surface area contributed by atoms with Crippen molar-refractivity contribution in [3.63, 3.8) is 0 Å². The Bertz CT molecular complexity index is 979. The molecule has 132 valence electrons. The summed E-state index contributed by atoms with van der Waals surface area (Å²) in [5.74, 6) is 1.61. The lowest BCUT2D eigenvalue weighted by molar-refractivity contribution is -0.117. The molecular formula is C20H20N4O2. The van der Waals surface area contributed by atoms with E-state index in [0.717, 1.165) is 17.1 Å². The van der Waals surface area contributed by atoms with Gasteiger partial charge in [0.05, 0.1) is 5.69 Å². The van der Waals surface area contributed by atoms with Crippen LogP contribution in [-0.2, 0) is 4.79 Å². The van der Waals surface area contributed by atoms with E-state index in [1.165, 1.54) is 0 Å². The van der Waals surface area contributed by atoms with Gasteiger partial charge in [-0.1, -0.05) is 24.3 Å². The molecule has 1 N–H and O–H groups in total. The molecule has 1 aromatic heterocycles. The zero-order valence-electron chi connectivity index (χ0n) is 14.8. The number of hydrogen-bond donors (Lipinski definition) is 1. The van der Waals surface area contributed by atoms with Gasteiger partial charge >= 0.3 is 0 Å². The van der Waals surface area contributed by atoms with Crippen molar-refractivity contribution in [1.29, 1.82) is 0 Å². The highest BCUT2D eigenvalue weighted by Crippen LogP contribution is 2.33. The van der Waals surface area contributed by atoms with Crippen molar-refractivity contribution in [3.05, 3.63) is 65.7 Å². The fourth-order valence-corrected chi connectivity index (χ4v) is 3.47. The van der Waals surface area contributed by atoms with Crippen LogP contribution < -0.4 is 4.90 Å². The zero-order chi connectivity index (χ0) is 18.3. The van der Waals surface area contributed by atoms with Gasteiger partial charge in [0.1, 0.15) is 17.4 Å². The molecule has 0 bridgehead atoms. The molecule has 1 amide bonds. The van der Waals surface area contributed by atoms with Crippen LogP contribution in [0.4, 0.5) is 5.69 Å². The van der Waals surface area contributed by atoms with Crippen LogP contribution in [0.15, 0.2) is 48.5 Å². The number of benzene rings is 2. The molecule has 0 saturated carbocycles. The van der Waals surface area contributed by atoms with Gasteiger partial charge in [0.25, 0.3) is 0 Å². The van der Waals surface area contributed by atoms with Crippen LogP contribution in [0.2, 0.25) is 0 Å². The standard InChI is InChI=1S/C20H20N4O2/c1-13-6-3-4-9-18(13)24-20(21-14(2)22-24)15-10-19(26)23(12-15)16-7-5-8-17(25)11-16/h3-9,11,15,25H,10,12H2,1-2H3. The number of para-hydroxylation sites is 1. The molecule has 1 unspecified atom stereocenters. The lowest BCUT2D eigenvalue weighted by Crippen LogP contribution is -2.24. The molecule has 6 heteroatoms. The second-order valence-electron chi connectivity index (χ2n) is 6.64. The predicted molar refractivity (Wildman–Crippen MR) is 98.7 cm³/mol. The predicted octanol–water partition coefficient (Wildman–Crippen LogP) is 3.11. The number of aromatic nitrogens is 3. The number of phenolic OH excluding ortho intramolecular Hbond substituents is 1. The fraction of sp³-hybridized carbons (Fsp3) is 0.250. The minimum absolute atomic E-state index is 0.0255. The number of anilines is 1. The van der Waals surface area contributed by atoms with Crippen molar-refractivity contribution in [2.24, 2.45) is 0 Å². The number of nitrogens with zero attached hydrogens (tertiary/aromatic N) is 4. The fourth-order valence-electron chi connectivity index (χ4n) is 3.47. The van der Waals surface area contributed by atoms with E-state index in [2.05, 4.69) is 10.1 Å². The summed E-state index contributed by atoms with van der Waals surface area (Å²) in [6.07, 6.45) is 0.375. The normalized spacial score (nSPS) is 17.1. The van der Waals surface area contributed by atoms with Gasteiger partial charge in [-0.15, -0.1) is 0 Å². The van der Waals surface area contributed by atoms with E-state index >= 15 is 0 Å². The van der Waals surface area contributed by atoms with Crippen molar-refractivity contribution in [2.45, 2.75) is 26.2 Å².